The molecule has 10 nitrogen and oxygen atoms in total. The summed E-state index contributed by atoms with van der Waals surface area (Å²) < 4.78 is 48.8. The minimum Gasteiger partial charge on any atom is -0.493 e. The molecule has 13 heteroatoms. The highest BCUT2D eigenvalue weighted by atomic mass is 32.1. The van der Waals surface area contributed by atoms with Gasteiger partial charge in [-0.3, -0.25) is 0 Å². The maximum atomic E-state index is 14.1. The molecule has 0 unspecified atom stereocenters. The van der Waals surface area contributed by atoms with Crippen molar-refractivity contribution >= 4 is 33.7 Å². The number of ether oxygens (including phenoxy) is 3. The molecule has 5 N–H and O–H groups in total. The Labute approximate surface area is 190 Å². The third-order valence-electron chi connectivity index (χ3n) is 4.52. The fraction of sp³-hybridized carbons (Fsp3) is 0.150. The zero-order valence-electron chi connectivity index (χ0n) is 17.6. The normalized spacial score (nSPS) is 10.8. The molecule has 172 valence electrons. The van der Waals surface area contributed by atoms with Gasteiger partial charge in [-0.15, -0.1) is 0 Å². The van der Waals surface area contributed by atoms with Crippen LogP contribution in [-0.2, 0) is 0 Å². The number of anilines is 4. The van der Waals surface area contributed by atoms with Crippen LogP contribution in [0.1, 0.15) is 0 Å². The number of methoxy groups -OCH3 is 3. The molecular formula is C20H18F2N6O4S. The molecule has 0 saturated heterocycles. The number of nitrogens with two attached hydrogens (primary N) is 2. The van der Waals surface area contributed by atoms with Crippen molar-refractivity contribution in [3.05, 3.63) is 35.9 Å². The van der Waals surface area contributed by atoms with Crippen molar-refractivity contribution in [2.24, 2.45) is 0 Å². The Morgan fingerprint density at radius 1 is 0.939 bits per heavy atom. The van der Waals surface area contributed by atoms with E-state index in [1.807, 2.05) is 0 Å². The van der Waals surface area contributed by atoms with Crippen LogP contribution < -0.4 is 31.0 Å². The standard InChI is InChI=1S/C20H18F2N6O4S/c1-29-13-4-8(5-14(30-2)15(13)31-3)25-20-26-17(24)16(33-20)19-27-18(28-32-19)9-6-12(23)11(22)7-10(9)21/h4-7H,23-24H2,1-3H3,(H,25,26). The predicted molar refractivity (Wildman–Crippen MR) is 119 cm³/mol. The van der Waals surface area contributed by atoms with Crippen molar-refractivity contribution in [1.29, 1.82) is 0 Å². The molecule has 0 saturated carbocycles. The Balaban J connectivity index is 1.64. The molecule has 0 amide bonds. The third kappa shape index (κ3) is 4.17. The molecule has 4 aromatic rings. The van der Waals surface area contributed by atoms with Gasteiger partial charge in [0.25, 0.3) is 5.89 Å². The molecule has 0 aliphatic carbocycles. The largest absolute Gasteiger partial charge is 0.493 e. The van der Waals surface area contributed by atoms with Crippen LogP contribution in [-0.4, -0.2) is 36.5 Å². The average Bonchev–Trinajstić information content (AvgIpc) is 3.41. The number of hydrogen-bond donors (Lipinski definition) is 3. The lowest BCUT2D eigenvalue weighted by atomic mass is 10.1. The highest BCUT2D eigenvalue weighted by Crippen LogP contribution is 2.42. The summed E-state index contributed by atoms with van der Waals surface area (Å²) in [6, 6.07) is 5.14. The van der Waals surface area contributed by atoms with Crippen molar-refractivity contribution in [3.8, 4) is 39.4 Å². The van der Waals surface area contributed by atoms with Crippen molar-refractivity contribution in [2.45, 2.75) is 0 Å². The smallest absolute Gasteiger partial charge is 0.272 e. The number of nitrogen functional groups attached to an aromatic ring is 2. The molecule has 2 aromatic heterocycles. The lowest BCUT2D eigenvalue weighted by Gasteiger charge is -2.14. The topological polar surface area (TPSA) is 144 Å². The average molecular weight is 476 g/mol. The molecule has 0 radical (unpaired) electrons. The van der Waals surface area contributed by atoms with Gasteiger partial charge >= 0.3 is 0 Å². The number of benzene rings is 2. The number of nitrogens with zero attached hydrogens (tertiary/aromatic N) is 3. The molecule has 4 rings (SSSR count). The highest BCUT2D eigenvalue weighted by Gasteiger charge is 2.21. The van der Waals surface area contributed by atoms with E-state index in [4.69, 9.17) is 30.2 Å². The van der Waals surface area contributed by atoms with E-state index in [-0.39, 0.29) is 28.8 Å². The summed E-state index contributed by atoms with van der Waals surface area (Å²) >= 11 is 1.13. The second-order valence-electron chi connectivity index (χ2n) is 6.55. The van der Waals surface area contributed by atoms with Crippen LogP contribution in [0.15, 0.2) is 28.8 Å². The summed E-state index contributed by atoms with van der Waals surface area (Å²) in [4.78, 5) is 8.77. The maximum Gasteiger partial charge on any atom is 0.272 e. The summed E-state index contributed by atoms with van der Waals surface area (Å²) in [5, 5.41) is 7.26. The summed E-state index contributed by atoms with van der Waals surface area (Å²) in [6.07, 6.45) is 0. The number of halogens is 2. The molecule has 0 bridgehead atoms. The predicted octanol–water partition coefficient (Wildman–Crippen LogP) is 4.07. The van der Waals surface area contributed by atoms with Gasteiger partial charge in [0, 0.05) is 23.9 Å². The summed E-state index contributed by atoms with van der Waals surface area (Å²) in [7, 11) is 4.52. The first-order chi connectivity index (χ1) is 15.8. The minimum absolute atomic E-state index is 0.0141. The molecular weight excluding hydrogens is 458 g/mol. The number of rotatable bonds is 7. The summed E-state index contributed by atoms with van der Waals surface area (Å²) in [5.74, 6) is -0.398. The monoisotopic (exact) mass is 476 g/mol. The lowest BCUT2D eigenvalue weighted by Crippen LogP contribution is -1.97. The Bertz CT molecular complexity index is 1300. The van der Waals surface area contributed by atoms with Crippen LogP contribution in [0, 0.1) is 11.6 Å². The molecule has 2 aromatic carbocycles. The first kappa shape index (κ1) is 22.1. The molecule has 0 aliphatic heterocycles. The highest BCUT2D eigenvalue weighted by molar-refractivity contribution is 7.19. The lowest BCUT2D eigenvalue weighted by molar-refractivity contribution is 0.324. The Morgan fingerprint density at radius 3 is 2.27 bits per heavy atom. The van der Waals surface area contributed by atoms with E-state index in [2.05, 4.69) is 20.4 Å². The number of thiazole rings is 1. The fourth-order valence-corrected chi connectivity index (χ4v) is 3.80. The van der Waals surface area contributed by atoms with E-state index in [9.17, 15) is 8.78 Å². The van der Waals surface area contributed by atoms with Crippen LogP contribution in [0.2, 0.25) is 0 Å². The quantitative estimate of drug-likeness (QED) is 0.334. The number of aromatic nitrogens is 3. The zero-order valence-corrected chi connectivity index (χ0v) is 18.4. The van der Waals surface area contributed by atoms with Gasteiger partial charge in [0.2, 0.25) is 11.6 Å². The summed E-state index contributed by atoms with van der Waals surface area (Å²) in [5.41, 5.74) is 11.8. The molecule has 0 aliphatic rings. The van der Waals surface area contributed by atoms with Gasteiger partial charge in [0.05, 0.1) is 32.6 Å². The van der Waals surface area contributed by atoms with E-state index in [0.717, 1.165) is 17.4 Å². The number of nitrogens with one attached hydrogen (secondary N) is 1. The van der Waals surface area contributed by atoms with E-state index in [1.165, 1.54) is 21.3 Å². The van der Waals surface area contributed by atoms with E-state index in [0.29, 0.717) is 39.0 Å². The summed E-state index contributed by atoms with van der Waals surface area (Å²) in [6.45, 7) is 0. The van der Waals surface area contributed by atoms with Crippen molar-refractivity contribution in [3.63, 3.8) is 0 Å². The van der Waals surface area contributed by atoms with Crippen LogP contribution in [0.5, 0.6) is 17.2 Å². The van der Waals surface area contributed by atoms with E-state index < -0.39 is 11.6 Å². The molecule has 0 atom stereocenters. The van der Waals surface area contributed by atoms with Crippen molar-refractivity contribution in [2.75, 3.05) is 38.1 Å². The minimum atomic E-state index is -0.880. The van der Waals surface area contributed by atoms with Gasteiger partial charge < -0.3 is 35.5 Å². The van der Waals surface area contributed by atoms with Crippen LogP contribution in [0.4, 0.5) is 31.1 Å². The van der Waals surface area contributed by atoms with Gasteiger partial charge in [-0.2, -0.15) is 4.98 Å². The Kier molecular flexibility index (Phi) is 5.87. The van der Waals surface area contributed by atoms with Crippen molar-refractivity contribution in [1.82, 2.24) is 15.1 Å². The fourth-order valence-electron chi connectivity index (χ4n) is 2.98. The van der Waals surface area contributed by atoms with Gasteiger partial charge in [0.1, 0.15) is 22.3 Å². The zero-order chi connectivity index (χ0) is 23.7. The first-order valence-electron chi connectivity index (χ1n) is 9.26. The molecule has 2 heterocycles. The van der Waals surface area contributed by atoms with Gasteiger partial charge in [-0.1, -0.05) is 16.5 Å². The molecule has 0 spiro atoms. The first-order valence-corrected chi connectivity index (χ1v) is 10.1. The molecule has 0 fully saturated rings. The third-order valence-corrected chi connectivity index (χ3v) is 5.49. The molecule has 33 heavy (non-hydrogen) atoms. The van der Waals surface area contributed by atoms with E-state index in [1.54, 1.807) is 12.1 Å². The van der Waals surface area contributed by atoms with E-state index >= 15 is 0 Å². The number of hydrogen-bond acceptors (Lipinski definition) is 11. The van der Waals surface area contributed by atoms with Crippen LogP contribution >= 0.6 is 11.3 Å². The second-order valence-corrected chi connectivity index (χ2v) is 7.55. The Morgan fingerprint density at radius 2 is 1.64 bits per heavy atom. The maximum absolute atomic E-state index is 14.1. The van der Waals surface area contributed by atoms with Gasteiger partial charge in [-0.05, 0) is 6.07 Å². The van der Waals surface area contributed by atoms with Gasteiger partial charge in [0.15, 0.2) is 16.6 Å². The van der Waals surface area contributed by atoms with Gasteiger partial charge in [-0.25, -0.2) is 13.8 Å². The van der Waals surface area contributed by atoms with Crippen LogP contribution in [0.3, 0.4) is 0 Å². The SMILES string of the molecule is COc1cc(Nc2nc(N)c(-c3nc(-c4cc(N)c(F)cc4F)no3)s2)cc(OC)c1OC. The van der Waals surface area contributed by atoms with Crippen LogP contribution in [0.25, 0.3) is 22.2 Å². The Hall–Kier alpha value is -4.13. The second kappa shape index (κ2) is 8.78. The van der Waals surface area contributed by atoms with Crippen molar-refractivity contribution < 1.29 is 27.5 Å².